The molecule has 3 unspecified atom stereocenters. The normalized spacial score (nSPS) is 31.6. The molecule has 3 atom stereocenters. The van der Waals surface area contributed by atoms with Crippen LogP contribution in [-0.2, 0) is 9.47 Å². The number of hydrazine groups is 1. The minimum absolute atomic E-state index is 0.0985. The Balaban J connectivity index is 1.78. The second-order valence-corrected chi connectivity index (χ2v) is 6.58. The van der Waals surface area contributed by atoms with Crippen LogP contribution in [0.1, 0.15) is 30.9 Å². The quantitative estimate of drug-likeness (QED) is 0.649. The molecule has 1 spiro atoms. The molecule has 110 valence electrons. The summed E-state index contributed by atoms with van der Waals surface area (Å²) in [4.78, 5) is 4.24. The van der Waals surface area contributed by atoms with Gasteiger partial charge in [0, 0.05) is 36.5 Å². The molecule has 3 N–H and O–H groups in total. The van der Waals surface area contributed by atoms with E-state index in [2.05, 4.69) is 32.4 Å². The zero-order valence-corrected chi connectivity index (χ0v) is 12.9. The lowest BCUT2D eigenvalue weighted by molar-refractivity contribution is -0.103. The van der Waals surface area contributed by atoms with Crippen LogP contribution >= 0.6 is 15.9 Å². The summed E-state index contributed by atoms with van der Waals surface area (Å²) in [6, 6.07) is 2.17. The van der Waals surface area contributed by atoms with E-state index in [4.69, 9.17) is 15.3 Å². The highest BCUT2D eigenvalue weighted by Crippen LogP contribution is 2.40. The molecule has 2 fully saturated rings. The van der Waals surface area contributed by atoms with Crippen molar-refractivity contribution in [3.63, 3.8) is 0 Å². The van der Waals surface area contributed by atoms with Gasteiger partial charge in [-0.3, -0.25) is 16.3 Å². The number of hydrogen-bond acceptors (Lipinski definition) is 5. The summed E-state index contributed by atoms with van der Waals surface area (Å²) in [6.07, 6.45) is 6.63. The molecule has 0 bridgehead atoms. The van der Waals surface area contributed by atoms with E-state index in [1.54, 1.807) is 6.20 Å². The smallest absolute Gasteiger partial charge is 0.0940 e. The van der Waals surface area contributed by atoms with Gasteiger partial charge < -0.3 is 9.47 Å². The highest BCUT2D eigenvalue weighted by molar-refractivity contribution is 9.10. The maximum absolute atomic E-state index is 5.99. The average Bonchev–Trinajstić information content (AvgIpc) is 2.88. The van der Waals surface area contributed by atoms with Crippen LogP contribution in [0.15, 0.2) is 22.9 Å². The number of hydrogen-bond donors (Lipinski definition) is 2. The number of pyridine rings is 1. The van der Waals surface area contributed by atoms with E-state index < -0.39 is 0 Å². The minimum Gasteiger partial charge on any atom is -0.378 e. The van der Waals surface area contributed by atoms with Gasteiger partial charge in [0.1, 0.15) is 0 Å². The van der Waals surface area contributed by atoms with E-state index in [9.17, 15) is 0 Å². The third-order valence-corrected chi connectivity index (χ3v) is 4.77. The average molecular weight is 342 g/mol. The van der Waals surface area contributed by atoms with E-state index in [0.717, 1.165) is 42.5 Å². The van der Waals surface area contributed by atoms with Crippen LogP contribution in [0, 0.1) is 5.92 Å². The third-order valence-electron chi connectivity index (χ3n) is 4.33. The van der Waals surface area contributed by atoms with Crippen molar-refractivity contribution in [2.75, 3.05) is 19.8 Å². The van der Waals surface area contributed by atoms with Crippen molar-refractivity contribution < 1.29 is 9.47 Å². The van der Waals surface area contributed by atoms with E-state index in [1.165, 1.54) is 0 Å². The molecule has 2 aliphatic rings. The van der Waals surface area contributed by atoms with Crippen molar-refractivity contribution in [3.05, 3.63) is 28.5 Å². The Bertz CT molecular complexity index is 465. The summed E-state index contributed by atoms with van der Waals surface area (Å²) in [6.45, 7) is 2.27. The molecular formula is C14H20BrN3O2. The summed E-state index contributed by atoms with van der Waals surface area (Å²) in [5, 5.41) is 0. The first-order valence-corrected chi connectivity index (χ1v) is 7.80. The van der Waals surface area contributed by atoms with Gasteiger partial charge in [-0.15, -0.1) is 0 Å². The Hall–Kier alpha value is -0.530. The number of halogens is 1. The summed E-state index contributed by atoms with van der Waals surface area (Å²) < 4.78 is 12.5. The first-order chi connectivity index (χ1) is 9.72. The molecule has 1 aromatic rings. The highest BCUT2D eigenvalue weighted by Gasteiger charge is 2.43. The van der Waals surface area contributed by atoms with Gasteiger partial charge in [-0.1, -0.05) is 0 Å². The van der Waals surface area contributed by atoms with Gasteiger partial charge in [-0.2, -0.15) is 0 Å². The van der Waals surface area contributed by atoms with Crippen LogP contribution in [0.4, 0.5) is 0 Å². The molecule has 2 saturated heterocycles. The first-order valence-electron chi connectivity index (χ1n) is 7.01. The fraction of sp³-hybridized carbons (Fsp3) is 0.643. The summed E-state index contributed by atoms with van der Waals surface area (Å²) in [5.41, 5.74) is 3.98. The Labute approximate surface area is 127 Å². The predicted molar refractivity (Wildman–Crippen MR) is 78.8 cm³/mol. The molecule has 20 heavy (non-hydrogen) atoms. The highest BCUT2D eigenvalue weighted by atomic mass is 79.9. The van der Waals surface area contributed by atoms with Crippen molar-refractivity contribution in [3.8, 4) is 0 Å². The topological polar surface area (TPSA) is 69.4 Å². The van der Waals surface area contributed by atoms with Crippen LogP contribution in [-0.4, -0.2) is 30.4 Å². The fourth-order valence-corrected chi connectivity index (χ4v) is 3.70. The molecule has 6 heteroatoms. The van der Waals surface area contributed by atoms with E-state index in [0.29, 0.717) is 12.5 Å². The maximum atomic E-state index is 5.99. The van der Waals surface area contributed by atoms with E-state index >= 15 is 0 Å². The zero-order valence-electron chi connectivity index (χ0n) is 11.3. The number of nitrogens with two attached hydrogens (primary N) is 1. The third kappa shape index (κ3) is 2.89. The number of ether oxygens (including phenoxy) is 2. The van der Waals surface area contributed by atoms with Crippen LogP contribution in [0.5, 0.6) is 0 Å². The monoisotopic (exact) mass is 341 g/mol. The van der Waals surface area contributed by atoms with Gasteiger partial charge in [-0.05, 0) is 46.3 Å². The lowest BCUT2D eigenvalue weighted by Crippen LogP contribution is -2.45. The number of rotatable bonds is 3. The molecule has 0 amide bonds. The Morgan fingerprint density at radius 2 is 2.35 bits per heavy atom. The molecule has 5 nitrogen and oxygen atoms in total. The molecule has 1 aromatic heterocycles. The molecule has 0 saturated carbocycles. The van der Waals surface area contributed by atoms with Crippen molar-refractivity contribution in [1.29, 1.82) is 0 Å². The largest absolute Gasteiger partial charge is 0.378 e. The predicted octanol–water partition coefficient (Wildman–Crippen LogP) is 1.93. The van der Waals surface area contributed by atoms with Gasteiger partial charge in [0.2, 0.25) is 0 Å². The van der Waals surface area contributed by atoms with Crippen molar-refractivity contribution in [2.24, 2.45) is 11.8 Å². The summed E-state index contributed by atoms with van der Waals surface area (Å²) >= 11 is 3.47. The molecule has 0 aliphatic carbocycles. The van der Waals surface area contributed by atoms with Crippen LogP contribution < -0.4 is 11.3 Å². The first kappa shape index (κ1) is 14.4. The van der Waals surface area contributed by atoms with Crippen LogP contribution in [0.25, 0.3) is 0 Å². The standard InChI is InChI=1S/C14H20BrN3O2/c15-12-5-11(7-17-8-12)13(18-16)10-1-3-20-14(6-10)2-4-19-9-14/h5,7-8,10,13,18H,1-4,6,9,16H2. The van der Waals surface area contributed by atoms with Gasteiger partial charge in [-0.25, -0.2) is 0 Å². The second-order valence-electron chi connectivity index (χ2n) is 5.67. The summed E-state index contributed by atoms with van der Waals surface area (Å²) in [7, 11) is 0. The van der Waals surface area contributed by atoms with Gasteiger partial charge >= 0.3 is 0 Å². The molecule has 3 rings (SSSR count). The van der Waals surface area contributed by atoms with Crippen LogP contribution in [0.2, 0.25) is 0 Å². The molecule has 0 aromatic carbocycles. The Kier molecular flexibility index (Phi) is 4.37. The molecule has 2 aliphatic heterocycles. The maximum Gasteiger partial charge on any atom is 0.0940 e. The zero-order chi connectivity index (χ0) is 14.0. The van der Waals surface area contributed by atoms with E-state index in [1.807, 2.05) is 6.20 Å². The fourth-order valence-electron chi connectivity index (χ4n) is 3.32. The number of aromatic nitrogens is 1. The molecular weight excluding hydrogens is 322 g/mol. The van der Waals surface area contributed by atoms with Crippen molar-refractivity contribution in [2.45, 2.75) is 30.9 Å². The van der Waals surface area contributed by atoms with E-state index in [-0.39, 0.29) is 11.6 Å². The number of nitrogens with zero attached hydrogens (tertiary/aromatic N) is 1. The SMILES string of the molecule is NNC(c1cncc(Br)c1)C1CCOC2(CCOC2)C1. The summed E-state index contributed by atoms with van der Waals surface area (Å²) in [5.74, 6) is 6.24. The van der Waals surface area contributed by atoms with Crippen molar-refractivity contribution >= 4 is 15.9 Å². The van der Waals surface area contributed by atoms with Crippen LogP contribution in [0.3, 0.4) is 0 Å². The second kappa shape index (κ2) is 6.07. The lowest BCUT2D eigenvalue weighted by Gasteiger charge is -2.40. The minimum atomic E-state index is -0.0997. The van der Waals surface area contributed by atoms with Gasteiger partial charge in [0.15, 0.2) is 0 Å². The Morgan fingerprint density at radius 1 is 1.45 bits per heavy atom. The molecule has 3 heterocycles. The van der Waals surface area contributed by atoms with Crippen molar-refractivity contribution in [1.82, 2.24) is 10.4 Å². The molecule has 0 radical (unpaired) electrons. The van der Waals surface area contributed by atoms with Gasteiger partial charge in [0.05, 0.1) is 18.2 Å². The Morgan fingerprint density at radius 3 is 3.05 bits per heavy atom. The lowest BCUT2D eigenvalue weighted by atomic mass is 9.79. The van der Waals surface area contributed by atoms with Gasteiger partial charge in [0.25, 0.3) is 0 Å². The number of nitrogens with one attached hydrogen (secondary N) is 1.